The number of benzene rings is 1. The number of halogens is 2. The zero-order chi connectivity index (χ0) is 24.6. The van der Waals surface area contributed by atoms with Crippen molar-refractivity contribution in [3.05, 3.63) is 40.8 Å². The number of aliphatic hydroxyl groups is 1. The minimum absolute atomic E-state index is 0.111. The first-order valence-electron chi connectivity index (χ1n) is 12.8. The normalized spacial score (nSPS) is 33.9. The first-order chi connectivity index (χ1) is 17.4. The lowest BCUT2D eigenvalue weighted by Crippen LogP contribution is -2.59. The van der Waals surface area contributed by atoms with E-state index in [1.807, 2.05) is 28.6 Å². The predicted molar refractivity (Wildman–Crippen MR) is 135 cm³/mol. The third-order valence-corrected chi connectivity index (χ3v) is 9.21. The molecule has 3 aliphatic carbocycles. The number of hydrogen-bond donors (Lipinski definition) is 2. The fourth-order valence-electron chi connectivity index (χ4n) is 6.69. The van der Waals surface area contributed by atoms with E-state index >= 15 is 4.39 Å². The Balaban J connectivity index is 1.12. The van der Waals surface area contributed by atoms with Crippen molar-refractivity contribution in [2.24, 2.45) is 5.92 Å². The van der Waals surface area contributed by atoms with Gasteiger partial charge in [-0.05, 0) is 68.3 Å². The molecule has 0 radical (unpaired) electrons. The average molecular weight is 513 g/mol. The number of fused-ring (bicyclic) bond motifs is 1. The van der Waals surface area contributed by atoms with Gasteiger partial charge in [0.05, 0.1) is 48.3 Å². The van der Waals surface area contributed by atoms with Gasteiger partial charge in [-0.2, -0.15) is 5.10 Å². The number of piperidine rings is 1. The minimum Gasteiger partial charge on any atom is -0.389 e. The molecule has 4 atom stereocenters. The number of ether oxygens (including phenoxy) is 1. The van der Waals surface area contributed by atoms with E-state index in [0.29, 0.717) is 43.0 Å². The summed E-state index contributed by atoms with van der Waals surface area (Å²) in [6.45, 7) is 3.84. The lowest BCUT2D eigenvalue weighted by Gasteiger charge is -2.61. The van der Waals surface area contributed by atoms with E-state index in [0.717, 1.165) is 53.8 Å². The van der Waals surface area contributed by atoms with Gasteiger partial charge in [0.15, 0.2) is 5.15 Å². The van der Waals surface area contributed by atoms with Crippen LogP contribution < -0.4 is 5.32 Å². The number of anilines is 2. The molecule has 8 rings (SSSR count). The molecule has 0 spiro atoms. The smallest absolute Gasteiger partial charge is 0.227 e. The van der Waals surface area contributed by atoms with Crippen LogP contribution in [-0.4, -0.2) is 74.4 Å². The van der Waals surface area contributed by atoms with E-state index in [1.165, 1.54) is 0 Å². The molecule has 2 aliphatic heterocycles. The van der Waals surface area contributed by atoms with Gasteiger partial charge in [-0.15, -0.1) is 0 Å². The molecule has 0 unspecified atom stereocenters. The van der Waals surface area contributed by atoms with Crippen LogP contribution >= 0.6 is 11.6 Å². The van der Waals surface area contributed by atoms with Crippen LogP contribution in [0.5, 0.6) is 0 Å². The van der Waals surface area contributed by atoms with Crippen molar-refractivity contribution in [3.63, 3.8) is 0 Å². The Hall–Kier alpha value is -2.33. The zero-order valence-electron chi connectivity index (χ0n) is 20.2. The second kappa shape index (κ2) is 8.34. The van der Waals surface area contributed by atoms with Crippen LogP contribution in [-0.2, 0) is 10.3 Å². The topological polar surface area (TPSA) is 88.3 Å². The summed E-state index contributed by atoms with van der Waals surface area (Å²) in [6, 6.07) is 3.93. The number of rotatable bonds is 5. The predicted octanol–water partition coefficient (Wildman–Crippen LogP) is 3.93. The highest BCUT2D eigenvalue weighted by molar-refractivity contribution is 6.32. The number of aliphatic hydroxyl groups excluding tert-OH is 1. The lowest BCUT2D eigenvalue weighted by molar-refractivity contribution is -0.0975. The van der Waals surface area contributed by atoms with Crippen molar-refractivity contribution < 1.29 is 14.2 Å². The van der Waals surface area contributed by atoms with Crippen LogP contribution in [0.1, 0.15) is 42.7 Å². The largest absolute Gasteiger partial charge is 0.389 e. The fourth-order valence-corrected chi connectivity index (χ4v) is 7.01. The molecule has 0 amide bonds. The molecule has 190 valence electrons. The maximum atomic E-state index is 15.5. The number of alkyl halides is 1. The molecule has 8 nitrogen and oxygen atoms in total. The summed E-state index contributed by atoms with van der Waals surface area (Å²) in [7, 11) is 0. The molecule has 2 saturated heterocycles. The molecule has 1 aromatic carbocycles. The number of aromatic nitrogens is 4. The first-order valence-corrected chi connectivity index (χ1v) is 13.2. The molecule has 4 heterocycles. The Labute approximate surface area is 213 Å². The molecule has 3 saturated carbocycles. The molecule has 10 heteroatoms. The standard InChI is InChI=1S/C26H30ClFN6O2/c1-14-4-16-9-29-25(32-21-10-30-34(24(21)27)26-6-15(7-26)8-26)31-20(16)5-18(14)17-2-3-33(11-19(17)28)22-12-36-13-23(22)35/h4-5,9-10,15,17,19,22-23,35H,2-3,6-8,11-13H2,1H3,(H,29,31,32)/t15?,17-,19+,22+,23-,26?/m0/s1. The molecule has 2 N–H and O–H groups in total. The van der Waals surface area contributed by atoms with Gasteiger partial charge in [-0.3, -0.25) is 4.90 Å². The van der Waals surface area contributed by atoms with Gasteiger partial charge >= 0.3 is 0 Å². The SMILES string of the molecule is Cc1cc2cnc(Nc3cnn(C45CC(C4)C5)c3Cl)nc2cc1[C@@H]1CCN([C@@H]2COC[C@@H]2O)C[C@H]1F. The fraction of sp³-hybridized carbons (Fsp3) is 0.577. The van der Waals surface area contributed by atoms with E-state index in [2.05, 4.69) is 15.4 Å². The van der Waals surface area contributed by atoms with E-state index in [9.17, 15) is 5.11 Å². The highest BCUT2D eigenvalue weighted by Gasteiger charge is 2.59. The molecule has 2 aromatic heterocycles. The van der Waals surface area contributed by atoms with E-state index in [1.54, 1.807) is 12.4 Å². The molecule has 36 heavy (non-hydrogen) atoms. The molecule has 5 aliphatic rings. The van der Waals surface area contributed by atoms with Gasteiger partial charge in [0.25, 0.3) is 0 Å². The van der Waals surface area contributed by atoms with Gasteiger partial charge in [0.2, 0.25) is 5.95 Å². The Bertz CT molecular complexity index is 1320. The zero-order valence-corrected chi connectivity index (χ0v) is 21.0. The summed E-state index contributed by atoms with van der Waals surface area (Å²) in [6.07, 6.45) is 6.12. The van der Waals surface area contributed by atoms with Crippen LogP contribution in [0, 0.1) is 12.8 Å². The molecular formula is C26H30ClFN6O2. The van der Waals surface area contributed by atoms with Crippen LogP contribution in [0.25, 0.3) is 10.9 Å². The van der Waals surface area contributed by atoms with Crippen molar-refractivity contribution in [2.75, 3.05) is 31.6 Å². The maximum absolute atomic E-state index is 15.5. The Kier molecular flexibility index (Phi) is 5.29. The quantitative estimate of drug-likeness (QED) is 0.535. The highest BCUT2D eigenvalue weighted by atomic mass is 35.5. The van der Waals surface area contributed by atoms with Gasteiger partial charge in [-0.1, -0.05) is 11.6 Å². The van der Waals surface area contributed by atoms with Gasteiger partial charge < -0.3 is 15.2 Å². The second-order valence-electron chi connectivity index (χ2n) is 11.1. The van der Waals surface area contributed by atoms with Crippen LogP contribution in [0.2, 0.25) is 5.15 Å². The summed E-state index contributed by atoms with van der Waals surface area (Å²) in [5.74, 6) is 1.07. The summed E-state index contributed by atoms with van der Waals surface area (Å²) >= 11 is 6.66. The molecule has 5 fully saturated rings. The number of nitrogens with one attached hydrogen (secondary N) is 1. The van der Waals surface area contributed by atoms with E-state index in [4.69, 9.17) is 21.3 Å². The lowest BCUT2D eigenvalue weighted by atomic mass is 9.50. The van der Waals surface area contributed by atoms with E-state index < -0.39 is 12.3 Å². The molecule has 2 bridgehead atoms. The number of nitrogens with zero attached hydrogens (tertiary/aromatic N) is 5. The van der Waals surface area contributed by atoms with Crippen molar-refractivity contribution >= 4 is 34.1 Å². The highest BCUT2D eigenvalue weighted by Crippen LogP contribution is 2.63. The van der Waals surface area contributed by atoms with Gasteiger partial charge in [0, 0.05) is 24.0 Å². The van der Waals surface area contributed by atoms with Crippen molar-refractivity contribution in [1.82, 2.24) is 24.6 Å². The molecule has 3 aromatic rings. The van der Waals surface area contributed by atoms with Crippen molar-refractivity contribution in [2.45, 2.75) is 62.4 Å². The van der Waals surface area contributed by atoms with Crippen molar-refractivity contribution in [1.29, 1.82) is 0 Å². The number of likely N-dealkylation sites (tertiary alicyclic amines) is 1. The van der Waals surface area contributed by atoms with Crippen LogP contribution in [0.15, 0.2) is 24.5 Å². The third-order valence-electron chi connectivity index (χ3n) is 8.84. The van der Waals surface area contributed by atoms with Crippen molar-refractivity contribution in [3.8, 4) is 0 Å². The van der Waals surface area contributed by atoms with Gasteiger partial charge in [-0.25, -0.2) is 19.0 Å². The third kappa shape index (κ3) is 3.55. The number of hydrogen-bond acceptors (Lipinski definition) is 7. The monoisotopic (exact) mass is 512 g/mol. The summed E-state index contributed by atoms with van der Waals surface area (Å²) in [4.78, 5) is 11.3. The maximum Gasteiger partial charge on any atom is 0.227 e. The van der Waals surface area contributed by atoms with E-state index in [-0.39, 0.29) is 17.5 Å². The van der Waals surface area contributed by atoms with Crippen LogP contribution in [0.4, 0.5) is 16.0 Å². The Morgan fingerprint density at radius 2 is 2.06 bits per heavy atom. The summed E-state index contributed by atoms with van der Waals surface area (Å²) in [5.41, 5.74) is 3.60. The average Bonchev–Trinajstić information content (AvgIpc) is 3.38. The Morgan fingerprint density at radius 3 is 2.75 bits per heavy atom. The first kappa shape index (κ1) is 22.8. The minimum atomic E-state index is -1.02. The van der Waals surface area contributed by atoms with Gasteiger partial charge in [0.1, 0.15) is 6.17 Å². The Morgan fingerprint density at radius 1 is 1.22 bits per heavy atom. The molecular weight excluding hydrogens is 483 g/mol. The second-order valence-corrected chi connectivity index (χ2v) is 11.5. The summed E-state index contributed by atoms with van der Waals surface area (Å²) in [5, 5.41) is 19.4. The van der Waals surface area contributed by atoms with Crippen LogP contribution in [0.3, 0.4) is 0 Å². The number of aryl methyl sites for hydroxylation is 1. The summed E-state index contributed by atoms with van der Waals surface area (Å²) < 4.78 is 22.8.